The van der Waals surface area contributed by atoms with E-state index in [1.165, 1.54) is 12.7 Å². The first-order valence-corrected chi connectivity index (χ1v) is 10.9. The maximum absolute atomic E-state index is 13.5. The highest BCUT2D eigenvalue weighted by Gasteiger charge is 2.42. The number of aliphatic hydroxyl groups is 3. The Hall–Kier alpha value is -2.69. The van der Waals surface area contributed by atoms with Gasteiger partial charge in [-0.2, -0.15) is 0 Å². The number of nitrogens with one attached hydrogen (secondary N) is 2. The molecule has 17 heteroatoms. The number of phosphoric ester groups is 1. The Labute approximate surface area is 188 Å². The first-order valence-electron chi connectivity index (χ1n) is 9.37. The summed E-state index contributed by atoms with van der Waals surface area (Å²) in [6.45, 7) is -0.659. The third-order valence-electron chi connectivity index (χ3n) is 4.50. The summed E-state index contributed by atoms with van der Waals surface area (Å²) in [6.07, 6.45) is -2.92. The van der Waals surface area contributed by atoms with Crippen LogP contribution in [0.3, 0.4) is 0 Å². The molecular weight excluding hydrogens is 490 g/mol. The maximum atomic E-state index is 13.5. The molecule has 0 spiro atoms. The van der Waals surface area contributed by atoms with E-state index in [1.807, 2.05) is 0 Å². The highest BCUT2D eigenvalue weighted by molar-refractivity contribution is 7.46. The van der Waals surface area contributed by atoms with Crippen molar-refractivity contribution in [1.29, 1.82) is 0 Å². The first-order chi connectivity index (χ1) is 16.0. The number of ether oxygens (including phenoxy) is 1. The van der Waals surface area contributed by atoms with Crippen LogP contribution in [-0.2, 0) is 20.4 Å². The van der Waals surface area contributed by atoms with Gasteiger partial charge >= 0.3 is 7.82 Å². The van der Waals surface area contributed by atoms with Gasteiger partial charge in [0, 0.05) is 18.2 Å². The second-order valence-electron chi connectivity index (χ2n) is 6.87. The second-order valence-corrected chi connectivity index (χ2v) is 8.11. The molecule has 2 aromatic heterocycles. The van der Waals surface area contributed by atoms with Crippen molar-refractivity contribution in [3.8, 4) is 0 Å². The van der Waals surface area contributed by atoms with Crippen LogP contribution >= 0.6 is 7.82 Å². The summed E-state index contributed by atoms with van der Waals surface area (Å²) in [5.41, 5.74) is 0.999. The molecule has 1 aliphatic heterocycles. The topological polar surface area (TPSA) is 203 Å². The molecule has 3 aromatic rings. The van der Waals surface area contributed by atoms with Crippen molar-refractivity contribution >= 4 is 24.8 Å². The summed E-state index contributed by atoms with van der Waals surface area (Å²) in [4.78, 5) is 31.3. The number of benzene rings is 1. The molecule has 7 N–H and O–H groups in total. The lowest BCUT2D eigenvalue weighted by molar-refractivity contribution is -0.132. The number of aromatic amines is 1. The number of H-pyrrole nitrogens is 1. The molecule has 1 aliphatic rings. The molecule has 0 bridgehead atoms. The van der Waals surface area contributed by atoms with Gasteiger partial charge in [-0.3, -0.25) is 4.52 Å². The normalized spacial score (nSPS) is 22.5. The average molecular weight is 509 g/mol. The number of nitrogens with zero attached hydrogens (tertiary/aromatic N) is 3. The molecule has 1 aromatic carbocycles. The highest BCUT2D eigenvalue weighted by atomic mass is 31.2. The van der Waals surface area contributed by atoms with E-state index < -0.39 is 56.5 Å². The molecule has 0 saturated carbocycles. The quantitative estimate of drug-likeness (QED) is 0.172. The molecule has 4 rings (SSSR count). The lowest BCUT2D eigenvalue weighted by Crippen LogP contribution is -2.34. The summed E-state index contributed by atoms with van der Waals surface area (Å²) < 4.78 is 58.3. The number of aromatic nitrogens is 4. The fourth-order valence-corrected chi connectivity index (χ4v) is 3.16. The van der Waals surface area contributed by atoms with Crippen molar-refractivity contribution in [3.05, 3.63) is 47.8 Å². The zero-order chi connectivity index (χ0) is 25.0. The van der Waals surface area contributed by atoms with Gasteiger partial charge < -0.3 is 40.1 Å². The second kappa shape index (κ2) is 10.7. The number of rotatable bonds is 6. The molecular formula is C17H19F3N5O8P. The van der Waals surface area contributed by atoms with Crippen LogP contribution in [0.5, 0.6) is 0 Å². The minimum Gasteiger partial charge on any atom is -0.387 e. The fourth-order valence-electron chi connectivity index (χ4n) is 2.81. The van der Waals surface area contributed by atoms with E-state index in [0.717, 1.165) is 6.07 Å². The molecule has 1 saturated heterocycles. The van der Waals surface area contributed by atoms with E-state index in [2.05, 4.69) is 34.5 Å². The Morgan fingerprint density at radius 3 is 2.41 bits per heavy atom. The minimum atomic E-state index is -4.64. The number of fused-ring (bicyclic) bond motifs is 1. The van der Waals surface area contributed by atoms with Crippen LogP contribution in [-0.4, -0.2) is 76.3 Å². The number of hydrogen-bond acceptors (Lipinski definition) is 10. The van der Waals surface area contributed by atoms with Crippen LogP contribution in [0.4, 0.5) is 19.0 Å². The Morgan fingerprint density at radius 1 is 1.06 bits per heavy atom. The number of aliphatic hydroxyl groups excluding tert-OH is 3. The summed E-state index contributed by atoms with van der Waals surface area (Å²) in [7, 11) is -4.64. The maximum Gasteiger partial charge on any atom is 0.469 e. The third kappa shape index (κ3) is 6.46. The zero-order valence-corrected chi connectivity index (χ0v) is 17.8. The van der Waals surface area contributed by atoms with Gasteiger partial charge in [-0.05, 0) is 6.07 Å². The Kier molecular flexibility index (Phi) is 8.17. The molecule has 0 aliphatic carbocycles. The largest absolute Gasteiger partial charge is 0.469 e. The van der Waals surface area contributed by atoms with E-state index >= 15 is 0 Å². The summed E-state index contributed by atoms with van der Waals surface area (Å²) in [5, 5.41) is 29.9. The third-order valence-corrected chi connectivity index (χ3v) is 4.99. The standard InChI is InChI=1S/C12H8F3N5.C5H11O8P/c13-7-2-9(15)8(14)1-6(7)3-16-11-10-12(18-4-17-10)20-5-19-11;6-3-2(1-12-14(9,10)11)13-5(8)4(3)7/h1-2,4-5H,3H2,(H2,16,17,18,19,20);2-8H,1H2,(H2,9,10,11)/t;2-,3-,4-,5?/m.1/s1. The van der Waals surface area contributed by atoms with Crippen LogP contribution in [0.2, 0.25) is 0 Å². The van der Waals surface area contributed by atoms with Crippen molar-refractivity contribution in [2.75, 3.05) is 11.9 Å². The molecule has 0 amide bonds. The molecule has 3 heterocycles. The molecule has 13 nitrogen and oxygen atoms in total. The number of phosphoric acid groups is 1. The van der Waals surface area contributed by atoms with Crippen molar-refractivity contribution in [2.24, 2.45) is 0 Å². The minimum absolute atomic E-state index is 0.00447. The van der Waals surface area contributed by atoms with Gasteiger partial charge in [0.05, 0.1) is 12.9 Å². The predicted molar refractivity (Wildman–Crippen MR) is 106 cm³/mol. The lowest BCUT2D eigenvalue weighted by Gasteiger charge is -2.14. The zero-order valence-electron chi connectivity index (χ0n) is 16.9. The lowest BCUT2D eigenvalue weighted by atomic mass is 10.1. The van der Waals surface area contributed by atoms with Gasteiger partial charge in [-0.25, -0.2) is 32.7 Å². The van der Waals surface area contributed by atoms with E-state index in [0.29, 0.717) is 23.0 Å². The van der Waals surface area contributed by atoms with E-state index in [-0.39, 0.29) is 12.1 Å². The summed E-state index contributed by atoms with van der Waals surface area (Å²) >= 11 is 0. The molecule has 4 atom stereocenters. The van der Waals surface area contributed by atoms with Crippen LogP contribution < -0.4 is 5.32 Å². The highest BCUT2D eigenvalue weighted by Crippen LogP contribution is 2.37. The van der Waals surface area contributed by atoms with Crippen LogP contribution in [0.15, 0.2) is 24.8 Å². The van der Waals surface area contributed by atoms with E-state index in [1.54, 1.807) is 0 Å². The number of anilines is 1. The SMILES string of the molecule is Fc1cc(F)c(CNc2ncnc3nc[nH]c23)cc1F.O=P(O)(O)OC[C@H]1OC(O)[C@H](O)[C@@H]1O. The Morgan fingerprint density at radius 2 is 1.76 bits per heavy atom. The van der Waals surface area contributed by atoms with Crippen molar-refractivity contribution in [2.45, 2.75) is 31.1 Å². The summed E-state index contributed by atoms with van der Waals surface area (Å²) in [5.74, 6) is -2.75. The van der Waals surface area contributed by atoms with Crippen molar-refractivity contribution < 1.29 is 52.1 Å². The fraction of sp³-hybridized carbons (Fsp3) is 0.353. The van der Waals surface area contributed by atoms with Crippen molar-refractivity contribution in [1.82, 2.24) is 19.9 Å². The molecule has 1 unspecified atom stereocenters. The van der Waals surface area contributed by atoms with Gasteiger partial charge in [-0.1, -0.05) is 0 Å². The van der Waals surface area contributed by atoms with Gasteiger partial charge in [-0.15, -0.1) is 0 Å². The van der Waals surface area contributed by atoms with Crippen molar-refractivity contribution in [3.63, 3.8) is 0 Å². The number of hydrogen-bond donors (Lipinski definition) is 7. The Balaban J connectivity index is 0.000000204. The average Bonchev–Trinajstić information content (AvgIpc) is 3.35. The molecule has 186 valence electrons. The van der Waals surface area contributed by atoms with E-state index in [9.17, 15) is 17.7 Å². The molecule has 1 fully saturated rings. The monoisotopic (exact) mass is 509 g/mol. The number of imidazole rings is 1. The Bertz CT molecular complexity index is 1180. The predicted octanol–water partition coefficient (Wildman–Crippen LogP) is -0.0830. The van der Waals surface area contributed by atoms with Crippen LogP contribution in [0.1, 0.15) is 5.56 Å². The van der Waals surface area contributed by atoms with Crippen LogP contribution in [0.25, 0.3) is 11.2 Å². The van der Waals surface area contributed by atoms with Gasteiger partial charge in [0.2, 0.25) is 0 Å². The van der Waals surface area contributed by atoms with E-state index in [4.69, 9.17) is 25.1 Å². The smallest absolute Gasteiger partial charge is 0.387 e. The summed E-state index contributed by atoms with van der Waals surface area (Å²) in [6, 6.07) is 1.32. The van der Waals surface area contributed by atoms with Gasteiger partial charge in [0.15, 0.2) is 29.4 Å². The van der Waals surface area contributed by atoms with Gasteiger partial charge in [0.25, 0.3) is 0 Å². The first kappa shape index (κ1) is 25.9. The molecule has 34 heavy (non-hydrogen) atoms. The van der Waals surface area contributed by atoms with Crippen LogP contribution in [0, 0.1) is 17.5 Å². The molecule has 0 radical (unpaired) electrons. The number of halogens is 3. The van der Waals surface area contributed by atoms with Gasteiger partial charge in [0.1, 0.15) is 36.0 Å².